The fourth-order valence-corrected chi connectivity index (χ4v) is 1.56. The predicted octanol–water partition coefficient (Wildman–Crippen LogP) is 2.86. The standard InChI is InChI=1S/C12H8ClF2N3O/c13-10-9(15)5-8(11(16)19)12(18-10)17-7-3-1-6(14)2-4-7/h1-5H,(H2,16,19)(H,17,18). The summed E-state index contributed by atoms with van der Waals surface area (Å²) in [5.41, 5.74) is 5.43. The maximum absolute atomic E-state index is 13.2. The lowest BCUT2D eigenvalue weighted by molar-refractivity contribution is 0.100. The second-order valence-electron chi connectivity index (χ2n) is 3.65. The highest BCUT2D eigenvalue weighted by atomic mass is 35.5. The molecular weight excluding hydrogens is 276 g/mol. The van der Waals surface area contributed by atoms with Gasteiger partial charge in [-0.25, -0.2) is 13.8 Å². The molecule has 98 valence electrons. The van der Waals surface area contributed by atoms with E-state index in [9.17, 15) is 13.6 Å². The van der Waals surface area contributed by atoms with Crippen LogP contribution in [0.15, 0.2) is 30.3 Å². The van der Waals surface area contributed by atoms with E-state index in [1.54, 1.807) is 0 Å². The van der Waals surface area contributed by atoms with E-state index in [-0.39, 0.29) is 11.4 Å². The number of halogens is 3. The minimum Gasteiger partial charge on any atom is -0.365 e. The molecule has 2 aromatic rings. The zero-order chi connectivity index (χ0) is 14.0. The second-order valence-corrected chi connectivity index (χ2v) is 4.01. The Hall–Kier alpha value is -2.21. The lowest BCUT2D eigenvalue weighted by atomic mass is 10.2. The van der Waals surface area contributed by atoms with Crippen LogP contribution in [0.3, 0.4) is 0 Å². The zero-order valence-corrected chi connectivity index (χ0v) is 10.2. The summed E-state index contributed by atoms with van der Waals surface area (Å²) >= 11 is 5.54. The first-order chi connectivity index (χ1) is 8.97. The molecule has 4 nitrogen and oxygen atoms in total. The van der Waals surface area contributed by atoms with Crippen molar-refractivity contribution in [2.75, 3.05) is 5.32 Å². The van der Waals surface area contributed by atoms with Crippen molar-refractivity contribution >= 4 is 29.0 Å². The monoisotopic (exact) mass is 283 g/mol. The first-order valence-electron chi connectivity index (χ1n) is 5.16. The molecule has 2 rings (SSSR count). The molecule has 1 heterocycles. The first-order valence-corrected chi connectivity index (χ1v) is 5.53. The number of hydrogen-bond donors (Lipinski definition) is 2. The smallest absolute Gasteiger partial charge is 0.252 e. The fraction of sp³-hybridized carbons (Fsp3) is 0. The van der Waals surface area contributed by atoms with Crippen LogP contribution >= 0.6 is 11.6 Å². The van der Waals surface area contributed by atoms with E-state index in [1.807, 2.05) is 0 Å². The number of nitrogens with one attached hydrogen (secondary N) is 1. The molecule has 0 saturated heterocycles. The number of rotatable bonds is 3. The largest absolute Gasteiger partial charge is 0.365 e. The van der Waals surface area contributed by atoms with E-state index in [0.717, 1.165) is 6.07 Å². The number of primary amides is 1. The normalized spacial score (nSPS) is 10.3. The third kappa shape index (κ3) is 2.97. The van der Waals surface area contributed by atoms with Gasteiger partial charge in [-0.05, 0) is 30.3 Å². The molecule has 7 heteroatoms. The SMILES string of the molecule is NC(=O)c1cc(F)c(Cl)nc1Nc1ccc(F)cc1. The molecule has 1 aromatic heterocycles. The van der Waals surface area contributed by atoms with Crippen LogP contribution in [0, 0.1) is 11.6 Å². The van der Waals surface area contributed by atoms with Crippen molar-refractivity contribution in [3.63, 3.8) is 0 Å². The molecule has 19 heavy (non-hydrogen) atoms. The van der Waals surface area contributed by atoms with E-state index < -0.39 is 22.7 Å². The number of nitrogens with two attached hydrogens (primary N) is 1. The number of amides is 1. The number of aromatic nitrogens is 1. The summed E-state index contributed by atoms with van der Waals surface area (Å²) < 4.78 is 26.0. The second kappa shape index (κ2) is 5.19. The van der Waals surface area contributed by atoms with Crippen molar-refractivity contribution in [1.29, 1.82) is 0 Å². The number of carbonyl (C=O) groups excluding carboxylic acids is 1. The van der Waals surface area contributed by atoms with Gasteiger partial charge in [0, 0.05) is 5.69 Å². The van der Waals surface area contributed by atoms with Gasteiger partial charge in [-0.15, -0.1) is 0 Å². The molecule has 0 aliphatic carbocycles. The maximum atomic E-state index is 13.2. The third-order valence-corrected chi connectivity index (χ3v) is 2.57. The van der Waals surface area contributed by atoms with Gasteiger partial charge in [0.15, 0.2) is 11.0 Å². The van der Waals surface area contributed by atoms with Crippen LogP contribution in [0.5, 0.6) is 0 Å². The summed E-state index contributed by atoms with van der Waals surface area (Å²) in [4.78, 5) is 14.9. The zero-order valence-electron chi connectivity index (χ0n) is 9.45. The van der Waals surface area contributed by atoms with Crippen molar-refractivity contribution in [3.8, 4) is 0 Å². The summed E-state index contributed by atoms with van der Waals surface area (Å²) in [7, 11) is 0. The van der Waals surface area contributed by atoms with Crippen molar-refractivity contribution in [1.82, 2.24) is 4.98 Å². The van der Waals surface area contributed by atoms with E-state index in [2.05, 4.69) is 10.3 Å². The molecule has 0 unspecified atom stereocenters. The van der Waals surface area contributed by atoms with Crippen LogP contribution < -0.4 is 11.1 Å². The molecule has 0 aliphatic rings. The summed E-state index contributed by atoms with van der Waals surface area (Å²) in [5.74, 6) is -2.11. The van der Waals surface area contributed by atoms with Gasteiger partial charge >= 0.3 is 0 Å². The Balaban J connectivity index is 2.41. The Bertz CT molecular complexity index is 632. The number of hydrogen-bond acceptors (Lipinski definition) is 3. The van der Waals surface area contributed by atoms with Gasteiger partial charge in [-0.3, -0.25) is 4.79 Å². The summed E-state index contributed by atoms with van der Waals surface area (Å²) in [6.07, 6.45) is 0. The lowest BCUT2D eigenvalue weighted by Crippen LogP contribution is -2.15. The Morgan fingerprint density at radius 2 is 1.89 bits per heavy atom. The van der Waals surface area contributed by atoms with Crippen molar-refractivity contribution in [2.45, 2.75) is 0 Å². The van der Waals surface area contributed by atoms with Gasteiger partial charge in [0.2, 0.25) is 0 Å². The van der Waals surface area contributed by atoms with E-state index in [1.165, 1.54) is 24.3 Å². The number of carbonyl (C=O) groups is 1. The maximum Gasteiger partial charge on any atom is 0.252 e. The molecule has 1 amide bonds. The average Bonchev–Trinajstić information content (AvgIpc) is 2.36. The van der Waals surface area contributed by atoms with E-state index in [0.29, 0.717) is 5.69 Å². The molecule has 3 N–H and O–H groups in total. The van der Waals surface area contributed by atoms with Crippen LogP contribution in [0.4, 0.5) is 20.3 Å². The molecule has 0 spiro atoms. The van der Waals surface area contributed by atoms with Crippen LogP contribution in [0.2, 0.25) is 5.15 Å². The third-order valence-electron chi connectivity index (χ3n) is 2.31. The van der Waals surface area contributed by atoms with Crippen LogP contribution in [-0.4, -0.2) is 10.9 Å². The Kier molecular flexibility index (Phi) is 3.62. The molecule has 0 saturated carbocycles. The summed E-state index contributed by atoms with van der Waals surface area (Å²) in [6.45, 7) is 0. The van der Waals surface area contributed by atoms with Crippen LogP contribution in [0.1, 0.15) is 10.4 Å². The van der Waals surface area contributed by atoms with Gasteiger partial charge in [0.05, 0.1) is 5.56 Å². The van der Waals surface area contributed by atoms with Gasteiger partial charge in [-0.1, -0.05) is 11.6 Å². The van der Waals surface area contributed by atoms with Crippen molar-refractivity contribution in [3.05, 3.63) is 52.7 Å². The Morgan fingerprint density at radius 3 is 2.47 bits per heavy atom. The molecule has 1 aromatic carbocycles. The predicted molar refractivity (Wildman–Crippen MR) is 67.4 cm³/mol. The fourth-order valence-electron chi connectivity index (χ4n) is 1.42. The molecule has 0 fully saturated rings. The van der Waals surface area contributed by atoms with Gasteiger partial charge in [0.1, 0.15) is 11.6 Å². The highest BCUT2D eigenvalue weighted by molar-refractivity contribution is 6.29. The summed E-state index contributed by atoms with van der Waals surface area (Å²) in [6, 6.07) is 6.19. The number of nitrogens with zero attached hydrogens (tertiary/aromatic N) is 1. The van der Waals surface area contributed by atoms with Crippen molar-refractivity contribution in [2.24, 2.45) is 5.73 Å². The van der Waals surface area contributed by atoms with Gasteiger partial charge < -0.3 is 11.1 Å². The highest BCUT2D eigenvalue weighted by Crippen LogP contribution is 2.23. The topological polar surface area (TPSA) is 68.0 Å². The Labute approximate surface area is 112 Å². The minimum atomic E-state index is -0.854. The van der Waals surface area contributed by atoms with Crippen molar-refractivity contribution < 1.29 is 13.6 Å². The average molecular weight is 284 g/mol. The van der Waals surface area contributed by atoms with Crippen LogP contribution in [0.25, 0.3) is 0 Å². The summed E-state index contributed by atoms with van der Waals surface area (Å²) in [5, 5.41) is 2.33. The molecule has 0 radical (unpaired) electrons. The Morgan fingerprint density at radius 1 is 1.26 bits per heavy atom. The van der Waals surface area contributed by atoms with E-state index >= 15 is 0 Å². The quantitative estimate of drug-likeness (QED) is 0.851. The molecule has 0 atom stereocenters. The number of pyridine rings is 1. The van der Waals surface area contributed by atoms with Crippen LogP contribution in [-0.2, 0) is 0 Å². The first kappa shape index (κ1) is 13.2. The minimum absolute atomic E-state index is 0.00510. The van der Waals surface area contributed by atoms with Gasteiger partial charge in [-0.2, -0.15) is 0 Å². The number of anilines is 2. The lowest BCUT2D eigenvalue weighted by Gasteiger charge is -2.09. The highest BCUT2D eigenvalue weighted by Gasteiger charge is 2.14. The molecule has 0 bridgehead atoms. The molecule has 0 aliphatic heterocycles. The van der Waals surface area contributed by atoms with E-state index in [4.69, 9.17) is 17.3 Å². The number of benzene rings is 1. The molecular formula is C12H8ClF2N3O. The van der Waals surface area contributed by atoms with Gasteiger partial charge in [0.25, 0.3) is 5.91 Å².